The summed E-state index contributed by atoms with van der Waals surface area (Å²) in [7, 11) is 0. The molecule has 0 radical (unpaired) electrons. The van der Waals surface area contributed by atoms with Crippen molar-refractivity contribution in [2.24, 2.45) is 0 Å². The summed E-state index contributed by atoms with van der Waals surface area (Å²) < 4.78 is 5.17. The van der Waals surface area contributed by atoms with E-state index in [0.717, 1.165) is 0 Å². The van der Waals surface area contributed by atoms with Crippen molar-refractivity contribution in [1.29, 1.82) is 0 Å². The molecule has 0 aliphatic heterocycles. The first-order valence-corrected chi connectivity index (χ1v) is 6.27. The predicted molar refractivity (Wildman–Crippen MR) is 67.5 cm³/mol. The molecule has 0 saturated heterocycles. The second-order valence-corrected chi connectivity index (χ2v) is 4.65. The lowest BCUT2D eigenvalue weighted by Gasteiger charge is -2.13. The Kier molecular flexibility index (Phi) is 5.15. The Bertz CT molecular complexity index is 404. The predicted octanol–water partition coefficient (Wildman–Crippen LogP) is 3.02. The van der Waals surface area contributed by atoms with E-state index >= 15 is 0 Å². The third-order valence-electron chi connectivity index (χ3n) is 1.97. The zero-order valence-corrected chi connectivity index (χ0v) is 11.7. The Balaban J connectivity index is 3.08. The highest BCUT2D eigenvalue weighted by Crippen LogP contribution is 2.28. The number of carbonyl (C=O) groups excluding carboxylic acids is 2. The maximum Gasteiger partial charge on any atom is 0.322 e. The van der Waals surface area contributed by atoms with Gasteiger partial charge >= 0.3 is 5.97 Å². The fraction of sp³-hybridized carbons (Fsp3) is 0.273. The molecule has 0 aliphatic carbocycles. The van der Waals surface area contributed by atoms with Gasteiger partial charge in [-0.2, -0.15) is 0 Å². The zero-order chi connectivity index (χ0) is 12.1. The van der Waals surface area contributed by atoms with E-state index in [-0.39, 0.29) is 6.61 Å². The number of esters is 1. The Labute approximate surface area is 110 Å². The number of ether oxygens (including phenoxy) is 1. The van der Waals surface area contributed by atoms with Crippen LogP contribution in [0.2, 0.25) is 0 Å². The van der Waals surface area contributed by atoms with Gasteiger partial charge in [-0.15, -0.1) is 0 Å². The number of rotatable bonds is 4. The van der Waals surface area contributed by atoms with Crippen LogP contribution in [0.4, 0.5) is 0 Å². The summed E-state index contributed by atoms with van der Waals surface area (Å²) in [6, 6.07) is 7.07. The molecule has 0 bridgehead atoms. The van der Waals surface area contributed by atoms with Crippen molar-refractivity contribution in [1.82, 2.24) is 0 Å². The highest BCUT2D eigenvalue weighted by atomic mass is 79.9. The number of carbonyl (C=O) groups is 2. The van der Waals surface area contributed by atoms with Gasteiger partial charge in [0, 0.05) is 4.47 Å². The molecule has 5 heteroatoms. The third-order valence-corrected chi connectivity index (χ3v) is 3.15. The minimum atomic E-state index is -0.921. The lowest BCUT2D eigenvalue weighted by molar-refractivity contribution is -0.146. The molecule has 16 heavy (non-hydrogen) atoms. The Morgan fingerprint density at radius 2 is 2.00 bits per heavy atom. The second-order valence-electron chi connectivity index (χ2n) is 3.01. The van der Waals surface area contributed by atoms with E-state index in [2.05, 4.69) is 31.9 Å². The van der Waals surface area contributed by atoms with Crippen LogP contribution in [0, 0.1) is 0 Å². The quantitative estimate of drug-likeness (QED) is 0.476. The highest BCUT2D eigenvalue weighted by molar-refractivity contribution is 9.18. The van der Waals surface area contributed by atoms with Crippen molar-refractivity contribution in [3.63, 3.8) is 0 Å². The van der Waals surface area contributed by atoms with Crippen molar-refractivity contribution < 1.29 is 14.3 Å². The molecular formula is C11H10Br2O3. The van der Waals surface area contributed by atoms with Crippen molar-refractivity contribution in [3.8, 4) is 0 Å². The summed E-state index contributed by atoms with van der Waals surface area (Å²) in [5.41, 5.74) is 0.600. The van der Waals surface area contributed by atoms with Crippen molar-refractivity contribution in [3.05, 3.63) is 34.3 Å². The van der Waals surface area contributed by atoms with Gasteiger partial charge < -0.3 is 4.74 Å². The van der Waals surface area contributed by atoms with E-state index in [9.17, 15) is 9.59 Å². The Hall–Kier alpha value is -0.680. The molecule has 3 nitrogen and oxygen atoms in total. The minimum Gasteiger partial charge on any atom is -0.465 e. The van der Waals surface area contributed by atoms with E-state index in [4.69, 9.17) is 4.74 Å². The largest absolute Gasteiger partial charge is 0.465 e. The van der Waals surface area contributed by atoms with Crippen LogP contribution in [0.25, 0.3) is 0 Å². The summed E-state index contributed by atoms with van der Waals surface area (Å²) in [5.74, 6) is -1.47. The first-order valence-electron chi connectivity index (χ1n) is 4.68. The zero-order valence-electron chi connectivity index (χ0n) is 8.57. The van der Waals surface area contributed by atoms with Gasteiger partial charge in [-0.25, -0.2) is 0 Å². The normalized spacial score (nSPS) is 11.9. The van der Waals surface area contributed by atoms with Crippen molar-refractivity contribution in [2.45, 2.75) is 12.8 Å². The molecule has 1 rings (SSSR count). The maximum atomic E-state index is 11.6. The number of hydrogen-bond acceptors (Lipinski definition) is 3. The summed E-state index contributed by atoms with van der Waals surface area (Å²) in [6.45, 7) is 1.95. The van der Waals surface area contributed by atoms with Crippen molar-refractivity contribution in [2.75, 3.05) is 6.61 Å². The number of benzene rings is 1. The fourth-order valence-corrected chi connectivity index (χ4v) is 2.22. The van der Waals surface area contributed by atoms with Gasteiger partial charge in [0.05, 0.1) is 6.61 Å². The smallest absolute Gasteiger partial charge is 0.322 e. The molecule has 1 unspecified atom stereocenters. The Morgan fingerprint density at radius 1 is 1.38 bits per heavy atom. The molecule has 1 aromatic rings. The fourth-order valence-electron chi connectivity index (χ4n) is 1.28. The second kappa shape index (κ2) is 6.15. The SMILES string of the molecule is CCOC(=O)C(C(=O)Br)c1ccccc1Br. The van der Waals surface area contributed by atoms with Crippen LogP contribution in [-0.2, 0) is 14.3 Å². The van der Waals surface area contributed by atoms with Crippen LogP contribution < -0.4 is 0 Å². The maximum absolute atomic E-state index is 11.6. The standard InChI is InChI=1S/C11H10Br2O3/c1-2-16-11(15)9(10(13)14)7-5-3-4-6-8(7)12/h3-6,9H,2H2,1H3. The molecule has 0 fully saturated rings. The van der Waals surface area contributed by atoms with Gasteiger partial charge in [0.1, 0.15) is 0 Å². The van der Waals surface area contributed by atoms with Crippen LogP contribution in [-0.4, -0.2) is 17.3 Å². The first-order chi connectivity index (χ1) is 7.57. The molecule has 0 amide bonds. The summed E-state index contributed by atoms with van der Waals surface area (Å²) in [4.78, 5) is 23.1. The van der Waals surface area contributed by atoms with Gasteiger partial charge in [-0.3, -0.25) is 9.59 Å². The number of hydrogen-bond donors (Lipinski definition) is 0. The van der Waals surface area contributed by atoms with Gasteiger partial charge in [-0.05, 0) is 34.5 Å². The van der Waals surface area contributed by atoms with E-state index in [0.29, 0.717) is 10.0 Å². The van der Waals surface area contributed by atoms with E-state index in [1.54, 1.807) is 25.1 Å². The molecule has 0 spiro atoms. The topological polar surface area (TPSA) is 43.4 Å². The van der Waals surface area contributed by atoms with E-state index in [1.807, 2.05) is 6.07 Å². The first kappa shape index (κ1) is 13.4. The number of halogens is 2. The molecule has 86 valence electrons. The molecule has 0 N–H and O–H groups in total. The van der Waals surface area contributed by atoms with E-state index in [1.165, 1.54) is 0 Å². The van der Waals surface area contributed by atoms with Gasteiger partial charge in [-0.1, -0.05) is 34.1 Å². The van der Waals surface area contributed by atoms with Gasteiger partial charge in [0.15, 0.2) is 5.92 Å². The van der Waals surface area contributed by atoms with Crippen molar-refractivity contribution >= 4 is 42.5 Å². The monoisotopic (exact) mass is 348 g/mol. The van der Waals surface area contributed by atoms with Gasteiger partial charge in [0.2, 0.25) is 4.69 Å². The van der Waals surface area contributed by atoms with Gasteiger partial charge in [0.25, 0.3) is 0 Å². The molecule has 0 aliphatic rings. The average molecular weight is 350 g/mol. The Morgan fingerprint density at radius 3 is 2.50 bits per heavy atom. The van der Waals surface area contributed by atoms with Crippen LogP contribution >= 0.6 is 31.9 Å². The van der Waals surface area contributed by atoms with E-state index < -0.39 is 16.6 Å². The summed E-state index contributed by atoms with van der Waals surface area (Å²) >= 11 is 6.13. The summed E-state index contributed by atoms with van der Waals surface area (Å²) in [5, 5.41) is 0. The molecule has 1 aromatic carbocycles. The molecular weight excluding hydrogens is 340 g/mol. The average Bonchev–Trinajstić information content (AvgIpc) is 2.21. The minimum absolute atomic E-state index is 0.250. The highest BCUT2D eigenvalue weighted by Gasteiger charge is 2.29. The third kappa shape index (κ3) is 3.15. The van der Waals surface area contributed by atoms with Crippen LogP contribution in [0.5, 0.6) is 0 Å². The van der Waals surface area contributed by atoms with Crippen LogP contribution in [0.15, 0.2) is 28.7 Å². The molecule has 1 atom stereocenters. The molecule has 0 aromatic heterocycles. The molecule has 0 heterocycles. The molecule has 0 saturated carbocycles. The van der Waals surface area contributed by atoms with Crippen LogP contribution in [0.1, 0.15) is 18.4 Å². The van der Waals surface area contributed by atoms with Crippen LogP contribution in [0.3, 0.4) is 0 Å². The lowest BCUT2D eigenvalue weighted by Crippen LogP contribution is -2.21. The summed E-state index contributed by atoms with van der Waals surface area (Å²) in [6.07, 6.45) is 0. The lowest BCUT2D eigenvalue weighted by atomic mass is 10.0.